The Morgan fingerprint density at radius 3 is 2.33 bits per heavy atom. The SMILES string of the molecule is Nc1ccc(C(=O)Nc2ccc(OC(F)(F)F)cc2)nc1. The van der Waals surface area contributed by atoms with Crippen molar-refractivity contribution >= 4 is 17.3 Å². The number of ether oxygens (including phenoxy) is 1. The standard InChI is InChI=1S/C13H10F3N3O2/c14-13(15,16)21-10-4-2-9(3-5-10)19-12(20)11-6-1-8(17)7-18-11/h1-7H,17H2,(H,19,20). The molecule has 8 heteroatoms. The normalized spacial score (nSPS) is 11.0. The Hall–Kier alpha value is -2.77. The Morgan fingerprint density at radius 1 is 1.14 bits per heavy atom. The van der Waals surface area contributed by atoms with Gasteiger partial charge in [-0.25, -0.2) is 4.98 Å². The molecule has 0 aliphatic carbocycles. The highest BCUT2D eigenvalue weighted by Gasteiger charge is 2.30. The predicted molar refractivity (Wildman–Crippen MR) is 69.7 cm³/mol. The number of nitrogens with zero attached hydrogens (tertiary/aromatic N) is 1. The molecule has 0 atom stereocenters. The largest absolute Gasteiger partial charge is 0.573 e. The number of aromatic nitrogens is 1. The molecule has 0 unspecified atom stereocenters. The van der Waals surface area contributed by atoms with Gasteiger partial charge in [-0.3, -0.25) is 4.79 Å². The molecule has 0 bridgehead atoms. The third kappa shape index (κ3) is 4.37. The zero-order chi connectivity index (χ0) is 15.5. The van der Waals surface area contributed by atoms with E-state index in [1.165, 1.54) is 30.5 Å². The van der Waals surface area contributed by atoms with Crippen molar-refractivity contribution in [1.82, 2.24) is 4.98 Å². The summed E-state index contributed by atoms with van der Waals surface area (Å²) in [5.41, 5.74) is 6.32. The van der Waals surface area contributed by atoms with Gasteiger partial charge in [-0.1, -0.05) is 0 Å². The van der Waals surface area contributed by atoms with Crippen molar-refractivity contribution in [3.05, 3.63) is 48.3 Å². The molecule has 21 heavy (non-hydrogen) atoms. The quantitative estimate of drug-likeness (QED) is 0.913. The molecule has 110 valence electrons. The molecule has 3 N–H and O–H groups in total. The van der Waals surface area contributed by atoms with Gasteiger partial charge in [0.15, 0.2) is 0 Å². The highest BCUT2D eigenvalue weighted by molar-refractivity contribution is 6.02. The number of alkyl halides is 3. The second kappa shape index (κ2) is 5.70. The molecule has 0 radical (unpaired) electrons. The smallest absolute Gasteiger partial charge is 0.406 e. The Labute approximate surface area is 117 Å². The fraction of sp³-hybridized carbons (Fsp3) is 0.0769. The van der Waals surface area contributed by atoms with Crippen molar-refractivity contribution in [2.75, 3.05) is 11.1 Å². The molecule has 1 heterocycles. The maximum Gasteiger partial charge on any atom is 0.573 e. The average Bonchev–Trinajstić information content (AvgIpc) is 2.40. The zero-order valence-corrected chi connectivity index (χ0v) is 10.5. The van der Waals surface area contributed by atoms with Gasteiger partial charge in [0.05, 0.1) is 11.9 Å². The Morgan fingerprint density at radius 2 is 1.81 bits per heavy atom. The molecule has 2 rings (SSSR count). The monoisotopic (exact) mass is 297 g/mol. The topological polar surface area (TPSA) is 77.2 Å². The summed E-state index contributed by atoms with van der Waals surface area (Å²) < 4.78 is 39.7. The van der Waals surface area contributed by atoms with Crippen LogP contribution >= 0.6 is 0 Å². The van der Waals surface area contributed by atoms with Crippen LogP contribution in [0.3, 0.4) is 0 Å². The summed E-state index contributed by atoms with van der Waals surface area (Å²) in [5, 5.41) is 2.49. The average molecular weight is 297 g/mol. The molecular weight excluding hydrogens is 287 g/mol. The summed E-state index contributed by atoms with van der Waals surface area (Å²) in [6.45, 7) is 0. The Balaban J connectivity index is 2.03. The van der Waals surface area contributed by atoms with Crippen LogP contribution in [0, 0.1) is 0 Å². The van der Waals surface area contributed by atoms with E-state index >= 15 is 0 Å². The van der Waals surface area contributed by atoms with Gasteiger partial charge < -0.3 is 15.8 Å². The Kier molecular flexibility index (Phi) is 3.97. The van der Waals surface area contributed by atoms with Crippen molar-refractivity contribution in [3.8, 4) is 5.75 Å². The van der Waals surface area contributed by atoms with Gasteiger partial charge in [0.1, 0.15) is 11.4 Å². The van der Waals surface area contributed by atoms with E-state index in [4.69, 9.17) is 5.73 Å². The van der Waals surface area contributed by atoms with Gasteiger partial charge in [-0.2, -0.15) is 0 Å². The molecule has 5 nitrogen and oxygen atoms in total. The van der Waals surface area contributed by atoms with Crippen molar-refractivity contribution in [2.45, 2.75) is 6.36 Å². The lowest BCUT2D eigenvalue weighted by molar-refractivity contribution is -0.274. The van der Waals surface area contributed by atoms with Gasteiger partial charge in [-0.05, 0) is 36.4 Å². The van der Waals surface area contributed by atoms with Crippen LogP contribution in [-0.4, -0.2) is 17.3 Å². The molecule has 0 spiro atoms. The number of nitrogen functional groups attached to an aromatic ring is 1. The first-order chi connectivity index (χ1) is 9.83. The predicted octanol–water partition coefficient (Wildman–Crippen LogP) is 2.81. The van der Waals surface area contributed by atoms with E-state index in [9.17, 15) is 18.0 Å². The summed E-state index contributed by atoms with van der Waals surface area (Å²) >= 11 is 0. The minimum atomic E-state index is -4.75. The maximum absolute atomic E-state index is 12.0. The number of benzene rings is 1. The summed E-state index contributed by atoms with van der Waals surface area (Å²) in [5.74, 6) is -0.870. The zero-order valence-electron chi connectivity index (χ0n) is 10.5. The molecule has 2 aromatic rings. The van der Waals surface area contributed by atoms with Crippen molar-refractivity contribution in [3.63, 3.8) is 0 Å². The molecular formula is C13H10F3N3O2. The van der Waals surface area contributed by atoms with Crippen LogP contribution in [0.2, 0.25) is 0 Å². The molecule has 0 fully saturated rings. The highest BCUT2D eigenvalue weighted by atomic mass is 19.4. The number of amides is 1. The van der Waals surface area contributed by atoms with Crippen molar-refractivity contribution in [1.29, 1.82) is 0 Å². The lowest BCUT2D eigenvalue weighted by atomic mass is 10.2. The number of hydrogen-bond donors (Lipinski definition) is 2. The van der Waals surface area contributed by atoms with E-state index in [1.54, 1.807) is 0 Å². The van der Waals surface area contributed by atoms with Gasteiger partial charge in [0.2, 0.25) is 0 Å². The maximum atomic E-state index is 12.0. The summed E-state index contributed by atoms with van der Waals surface area (Å²) in [6, 6.07) is 7.72. The molecule has 1 amide bonds. The number of carbonyl (C=O) groups is 1. The molecule has 0 saturated carbocycles. The number of nitrogens with one attached hydrogen (secondary N) is 1. The van der Waals surface area contributed by atoms with Crippen LogP contribution in [0.1, 0.15) is 10.5 Å². The van der Waals surface area contributed by atoms with E-state index in [-0.39, 0.29) is 11.4 Å². The summed E-state index contributed by atoms with van der Waals surface area (Å²) in [4.78, 5) is 15.6. The third-order valence-corrected chi connectivity index (χ3v) is 2.36. The summed E-state index contributed by atoms with van der Waals surface area (Å²) in [7, 11) is 0. The number of rotatable bonds is 3. The second-order valence-corrected chi connectivity index (χ2v) is 4.00. The van der Waals surface area contributed by atoms with E-state index in [1.807, 2.05) is 0 Å². The molecule has 0 aliphatic heterocycles. The second-order valence-electron chi connectivity index (χ2n) is 4.00. The lowest BCUT2D eigenvalue weighted by Gasteiger charge is -2.09. The van der Waals surface area contributed by atoms with Crippen LogP contribution in [0.15, 0.2) is 42.6 Å². The van der Waals surface area contributed by atoms with Crippen LogP contribution in [0.25, 0.3) is 0 Å². The number of nitrogens with two attached hydrogens (primary N) is 1. The van der Waals surface area contributed by atoms with Crippen LogP contribution in [0.5, 0.6) is 5.75 Å². The van der Waals surface area contributed by atoms with Gasteiger partial charge >= 0.3 is 6.36 Å². The van der Waals surface area contributed by atoms with E-state index < -0.39 is 12.3 Å². The first-order valence-electron chi connectivity index (χ1n) is 5.72. The van der Waals surface area contributed by atoms with E-state index in [2.05, 4.69) is 15.0 Å². The fourth-order valence-corrected chi connectivity index (χ4v) is 1.47. The van der Waals surface area contributed by atoms with Gasteiger partial charge in [0.25, 0.3) is 5.91 Å². The molecule has 0 aliphatic rings. The highest BCUT2D eigenvalue weighted by Crippen LogP contribution is 2.24. The van der Waals surface area contributed by atoms with Crippen LogP contribution in [-0.2, 0) is 0 Å². The Bertz CT molecular complexity index is 625. The lowest BCUT2D eigenvalue weighted by Crippen LogP contribution is -2.17. The van der Waals surface area contributed by atoms with Crippen LogP contribution < -0.4 is 15.8 Å². The van der Waals surface area contributed by atoms with E-state index in [0.717, 1.165) is 12.1 Å². The first-order valence-corrected chi connectivity index (χ1v) is 5.72. The van der Waals surface area contributed by atoms with Crippen molar-refractivity contribution in [2.24, 2.45) is 0 Å². The minimum absolute atomic E-state index is 0.139. The summed E-state index contributed by atoms with van der Waals surface area (Å²) in [6.07, 6.45) is -3.42. The molecule has 1 aromatic heterocycles. The number of pyridine rings is 1. The first kappa shape index (κ1) is 14.6. The fourth-order valence-electron chi connectivity index (χ4n) is 1.47. The number of carbonyl (C=O) groups excluding carboxylic acids is 1. The van der Waals surface area contributed by atoms with E-state index in [0.29, 0.717) is 11.4 Å². The molecule has 1 aromatic carbocycles. The number of halogens is 3. The number of hydrogen-bond acceptors (Lipinski definition) is 4. The van der Waals surface area contributed by atoms with Crippen LogP contribution in [0.4, 0.5) is 24.5 Å². The van der Waals surface area contributed by atoms with Crippen molar-refractivity contribution < 1.29 is 22.7 Å². The molecule has 0 saturated heterocycles. The minimum Gasteiger partial charge on any atom is -0.406 e. The van der Waals surface area contributed by atoms with Gasteiger partial charge in [-0.15, -0.1) is 13.2 Å². The third-order valence-electron chi connectivity index (χ3n) is 2.36. The number of anilines is 2. The van der Waals surface area contributed by atoms with Gasteiger partial charge in [0, 0.05) is 5.69 Å².